The molecule has 5 rings (SSSR count). The summed E-state index contributed by atoms with van der Waals surface area (Å²) in [5.41, 5.74) is 4.48. The van der Waals surface area contributed by atoms with Gasteiger partial charge in [-0.15, -0.1) is 0 Å². The number of nitrogens with zero attached hydrogens (tertiary/aromatic N) is 1. The van der Waals surface area contributed by atoms with Crippen LogP contribution in [0.4, 0.5) is 0 Å². The lowest BCUT2D eigenvalue weighted by Crippen LogP contribution is -2.44. The Labute approximate surface area is 164 Å². The SMILES string of the molecule is COc1ccccc1C1c2[nH]c3cccc(OC)c3c2C2(CC2)CN1C(C)=O. The number of hydrogen-bond acceptors (Lipinski definition) is 3. The molecule has 1 aliphatic carbocycles. The Kier molecular flexibility index (Phi) is 3.69. The highest BCUT2D eigenvalue weighted by Crippen LogP contribution is 2.59. The number of rotatable bonds is 3. The van der Waals surface area contributed by atoms with Gasteiger partial charge < -0.3 is 19.4 Å². The van der Waals surface area contributed by atoms with Gasteiger partial charge >= 0.3 is 0 Å². The van der Waals surface area contributed by atoms with Gasteiger partial charge in [0.2, 0.25) is 5.91 Å². The smallest absolute Gasteiger partial charge is 0.220 e. The van der Waals surface area contributed by atoms with Crippen LogP contribution >= 0.6 is 0 Å². The molecular weight excluding hydrogens is 352 g/mol. The summed E-state index contributed by atoms with van der Waals surface area (Å²) in [5, 5.41) is 1.15. The van der Waals surface area contributed by atoms with E-state index in [-0.39, 0.29) is 17.4 Å². The number of amides is 1. The summed E-state index contributed by atoms with van der Waals surface area (Å²) in [5.74, 6) is 1.76. The molecular formula is C23H24N2O3. The Balaban J connectivity index is 1.83. The van der Waals surface area contributed by atoms with Crippen LogP contribution in [0, 0.1) is 0 Å². The van der Waals surface area contributed by atoms with Crippen molar-refractivity contribution in [3.63, 3.8) is 0 Å². The molecule has 2 aliphatic rings. The van der Waals surface area contributed by atoms with E-state index in [1.54, 1.807) is 21.1 Å². The molecule has 0 bridgehead atoms. The van der Waals surface area contributed by atoms with Crippen LogP contribution in [0.3, 0.4) is 0 Å². The summed E-state index contributed by atoms with van der Waals surface area (Å²) in [4.78, 5) is 18.3. The van der Waals surface area contributed by atoms with Crippen molar-refractivity contribution < 1.29 is 14.3 Å². The molecule has 1 amide bonds. The van der Waals surface area contributed by atoms with Crippen molar-refractivity contribution in [3.8, 4) is 11.5 Å². The fourth-order valence-corrected chi connectivity index (χ4v) is 4.88. The average Bonchev–Trinajstić information content (AvgIpc) is 3.36. The van der Waals surface area contributed by atoms with Crippen LogP contribution in [0.5, 0.6) is 11.5 Å². The number of para-hydroxylation sites is 1. The van der Waals surface area contributed by atoms with Gasteiger partial charge in [-0.2, -0.15) is 0 Å². The fourth-order valence-electron chi connectivity index (χ4n) is 4.88. The highest BCUT2D eigenvalue weighted by molar-refractivity contribution is 5.93. The Morgan fingerprint density at radius 1 is 1.07 bits per heavy atom. The summed E-state index contributed by atoms with van der Waals surface area (Å²) in [6.45, 7) is 2.38. The third-order valence-electron chi connectivity index (χ3n) is 6.31. The van der Waals surface area contributed by atoms with E-state index in [9.17, 15) is 4.79 Å². The molecule has 5 heteroatoms. The van der Waals surface area contributed by atoms with E-state index >= 15 is 0 Å². The van der Waals surface area contributed by atoms with Crippen molar-refractivity contribution in [2.75, 3.05) is 20.8 Å². The largest absolute Gasteiger partial charge is 0.496 e. The molecule has 144 valence electrons. The summed E-state index contributed by atoms with van der Waals surface area (Å²) in [7, 11) is 3.40. The van der Waals surface area contributed by atoms with Gasteiger partial charge in [0.1, 0.15) is 17.5 Å². The monoisotopic (exact) mass is 376 g/mol. The number of nitrogens with one attached hydrogen (secondary N) is 1. The van der Waals surface area contributed by atoms with Crippen LogP contribution in [0.2, 0.25) is 0 Å². The first-order chi connectivity index (χ1) is 13.6. The first kappa shape index (κ1) is 17.2. The molecule has 1 N–H and O–H groups in total. The normalized spacial score (nSPS) is 19.5. The van der Waals surface area contributed by atoms with Crippen LogP contribution in [-0.2, 0) is 10.2 Å². The predicted octanol–water partition coefficient (Wildman–Crippen LogP) is 4.17. The summed E-state index contributed by atoms with van der Waals surface area (Å²) >= 11 is 0. The Morgan fingerprint density at radius 2 is 1.79 bits per heavy atom. The molecule has 28 heavy (non-hydrogen) atoms. The van der Waals surface area contributed by atoms with E-state index in [1.165, 1.54) is 5.56 Å². The number of H-pyrrole nitrogens is 1. The first-order valence-electron chi connectivity index (χ1n) is 9.69. The van der Waals surface area contributed by atoms with Crippen LogP contribution in [0.1, 0.15) is 42.6 Å². The molecule has 1 saturated carbocycles. The van der Waals surface area contributed by atoms with E-state index in [2.05, 4.69) is 17.1 Å². The van der Waals surface area contributed by atoms with Crippen LogP contribution in [0.25, 0.3) is 10.9 Å². The van der Waals surface area contributed by atoms with Crippen molar-refractivity contribution in [3.05, 3.63) is 59.3 Å². The van der Waals surface area contributed by atoms with Gasteiger partial charge in [0, 0.05) is 41.0 Å². The molecule has 3 aromatic rings. The summed E-state index contributed by atoms with van der Waals surface area (Å²) < 4.78 is 11.4. The molecule has 0 radical (unpaired) electrons. The number of fused-ring (bicyclic) bond motifs is 4. The number of benzene rings is 2. The zero-order valence-corrected chi connectivity index (χ0v) is 16.4. The molecule has 1 fully saturated rings. The summed E-state index contributed by atoms with van der Waals surface area (Å²) in [6, 6.07) is 13.9. The third-order valence-corrected chi connectivity index (χ3v) is 6.31. The lowest BCUT2D eigenvalue weighted by atomic mass is 9.83. The molecule has 1 unspecified atom stereocenters. The van der Waals surface area contributed by atoms with Crippen LogP contribution in [0.15, 0.2) is 42.5 Å². The molecule has 1 spiro atoms. The highest BCUT2D eigenvalue weighted by atomic mass is 16.5. The molecule has 5 nitrogen and oxygen atoms in total. The highest BCUT2D eigenvalue weighted by Gasteiger charge is 2.55. The zero-order chi connectivity index (χ0) is 19.5. The number of ether oxygens (including phenoxy) is 2. The second kappa shape index (κ2) is 6.03. The van der Waals surface area contributed by atoms with Crippen molar-refractivity contribution in [2.45, 2.75) is 31.2 Å². The maximum Gasteiger partial charge on any atom is 0.220 e. The van der Waals surface area contributed by atoms with Gasteiger partial charge in [-0.05, 0) is 36.6 Å². The van der Waals surface area contributed by atoms with Crippen molar-refractivity contribution in [2.24, 2.45) is 0 Å². The number of methoxy groups -OCH3 is 2. The Morgan fingerprint density at radius 3 is 2.46 bits per heavy atom. The van der Waals surface area contributed by atoms with Crippen molar-refractivity contribution in [1.29, 1.82) is 0 Å². The second-order valence-corrected chi connectivity index (χ2v) is 7.87. The number of carbonyl (C=O) groups excluding carboxylic acids is 1. The van der Waals surface area contributed by atoms with Gasteiger partial charge in [0.25, 0.3) is 0 Å². The first-order valence-corrected chi connectivity index (χ1v) is 9.69. The average molecular weight is 376 g/mol. The Hall–Kier alpha value is -2.95. The third kappa shape index (κ3) is 2.28. The van der Waals surface area contributed by atoms with Crippen molar-refractivity contribution >= 4 is 16.8 Å². The molecule has 2 heterocycles. The standard InChI is InChI=1S/C23H24N2O3/c1-14(26)25-13-23(11-12-23)20-19-16(8-6-10-18(19)28-3)24-21(20)22(25)15-7-4-5-9-17(15)27-2/h4-10,22,24H,11-13H2,1-3H3. The van der Waals surface area contributed by atoms with E-state index in [0.29, 0.717) is 0 Å². The maximum absolute atomic E-state index is 12.7. The van der Waals surface area contributed by atoms with E-state index < -0.39 is 0 Å². The minimum atomic E-state index is -0.202. The molecule has 1 aliphatic heterocycles. The van der Waals surface area contributed by atoms with Crippen LogP contribution in [-0.4, -0.2) is 36.6 Å². The van der Waals surface area contributed by atoms with Crippen molar-refractivity contribution in [1.82, 2.24) is 9.88 Å². The lowest BCUT2D eigenvalue weighted by Gasteiger charge is -2.40. The zero-order valence-electron chi connectivity index (χ0n) is 16.4. The second-order valence-electron chi connectivity index (χ2n) is 7.87. The van der Waals surface area contributed by atoms with Gasteiger partial charge in [0.15, 0.2) is 0 Å². The molecule has 1 aromatic heterocycles. The number of carbonyl (C=O) groups is 1. The number of hydrogen-bond donors (Lipinski definition) is 1. The molecule has 0 saturated heterocycles. The van der Waals surface area contributed by atoms with Gasteiger partial charge in [-0.1, -0.05) is 24.3 Å². The summed E-state index contributed by atoms with van der Waals surface area (Å²) in [6.07, 6.45) is 2.18. The maximum atomic E-state index is 12.7. The van der Waals surface area contributed by atoms with Gasteiger partial charge in [-0.25, -0.2) is 0 Å². The molecule has 2 aromatic carbocycles. The predicted molar refractivity (Wildman–Crippen MR) is 108 cm³/mol. The van der Waals surface area contributed by atoms with Gasteiger partial charge in [0.05, 0.1) is 14.2 Å². The number of aromatic nitrogens is 1. The van der Waals surface area contributed by atoms with Gasteiger partial charge in [-0.3, -0.25) is 4.79 Å². The fraction of sp³-hybridized carbons (Fsp3) is 0.348. The minimum Gasteiger partial charge on any atom is -0.496 e. The molecule has 1 atom stereocenters. The minimum absolute atomic E-state index is 0.0202. The lowest BCUT2D eigenvalue weighted by molar-refractivity contribution is -0.131. The van der Waals surface area contributed by atoms with E-state index in [1.807, 2.05) is 35.2 Å². The Bertz CT molecular complexity index is 1080. The van der Waals surface area contributed by atoms with Crippen LogP contribution < -0.4 is 9.47 Å². The number of aromatic amines is 1. The van der Waals surface area contributed by atoms with E-state index in [0.717, 1.165) is 53.0 Å². The van der Waals surface area contributed by atoms with E-state index in [4.69, 9.17) is 9.47 Å². The quantitative estimate of drug-likeness (QED) is 0.746. The topological polar surface area (TPSA) is 54.6 Å².